The Hall–Kier alpha value is -3.38. The summed E-state index contributed by atoms with van der Waals surface area (Å²) in [5.74, 6) is -0.829. The number of aliphatic hydroxyl groups is 1. The van der Waals surface area contributed by atoms with Crippen LogP contribution in [0.1, 0.15) is 30.5 Å². The summed E-state index contributed by atoms with van der Waals surface area (Å²) in [6, 6.07) is 16.0. The Kier molecular flexibility index (Phi) is 7.62. The number of amides is 1. The van der Waals surface area contributed by atoms with Gasteiger partial charge in [0.1, 0.15) is 5.75 Å². The lowest BCUT2D eigenvalue weighted by molar-refractivity contribution is -0.129. The smallest absolute Gasteiger partial charge is 0.290 e. The quantitative estimate of drug-likeness (QED) is 0.462. The van der Waals surface area contributed by atoms with E-state index in [9.17, 15) is 14.7 Å². The number of rotatable bonds is 10. The van der Waals surface area contributed by atoms with Crippen LogP contribution in [0.4, 0.5) is 0 Å². The Morgan fingerprint density at radius 2 is 1.94 bits per heavy atom. The maximum Gasteiger partial charge on any atom is 0.290 e. The molecule has 3 rings (SSSR count). The number of benzene rings is 2. The summed E-state index contributed by atoms with van der Waals surface area (Å²) in [6.45, 7) is 3.20. The number of hydrogen-bond acceptors (Lipinski definition) is 5. The minimum absolute atomic E-state index is 0.0725. The molecule has 1 unspecified atom stereocenters. The van der Waals surface area contributed by atoms with Gasteiger partial charge in [0.05, 0.1) is 18.2 Å². The molecule has 0 saturated carbocycles. The number of ketones is 1. The topological polar surface area (TPSA) is 76.1 Å². The van der Waals surface area contributed by atoms with Gasteiger partial charge in [-0.1, -0.05) is 48.5 Å². The van der Waals surface area contributed by atoms with E-state index in [1.54, 1.807) is 19.3 Å². The average molecular weight is 421 g/mol. The van der Waals surface area contributed by atoms with Gasteiger partial charge in [-0.15, -0.1) is 0 Å². The monoisotopic (exact) mass is 421 g/mol. The van der Waals surface area contributed by atoms with Crippen molar-refractivity contribution >= 4 is 17.8 Å². The van der Waals surface area contributed by atoms with Crippen LogP contribution in [-0.2, 0) is 14.3 Å². The molecule has 2 aromatic carbocycles. The molecule has 1 aliphatic rings. The van der Waals surface area contributed by atoms with Crippen molar-refractivity contribution in [2.45, 2.75) is 19.4 Å². The van der Waals surface area contributed by atoms with Crippen LogP contribution in [0.15, 0.2) is 72.0 Å². The van der Waals surface area contributed by atoms with E-state index in [0.29, 0.717) is 37.5 Å². The molecule has 0 aliphatic carbocycles. The highest BCUT2D eigenvalue weighted by Crippen LogP contribution is 2.39. The first-order chi connectivity index (χ1) is 15.1. The predicted molar refractivity (Wildman–Crippen MR) is 119 cm³/mol. The first-order valence-corrected chi connectivity index (χ1v) is 10.3. The number of hydrogen-bond donors (Lipinski definition) is 1. The highest BCUT2D eigenvalue weighted by Gasteiger charge is 2.42. The van der Waals surface area contributed by atoms with E-state index in [4.69, 9.17) is 9.47 Å². The van der Waals surface area contributed by atoms with Crippen LogP contribution in [0.2, 0.25) is 0 Å². The van der Waals surface area contributed by atoms with Gasteiger partial charge in [-0.2, -0.15) is 0 Å². The van der Waals surface area contributed by atoms with E-state index in [0.717, 1.165) is 5.56 Å². The summed E-state index contributed by atoms with van der Waals surface area (Å²) in [7, 11) is 1.59. The van der Waals surface area contributed by atoms with Gasteiger partial charge in [-0.25, -0.2) is 0 Å². The van der Waals surface area contributed by atoms with Crippen molar-refractivity contribution in [1.82, 2.24) is 4.90 Å². The fourth-order valence-electron chi connectivity index (χ4n) is 3.63. The van der Waals surface area contributed by atoms with Crippen LogP contribution >= 0.6 is 0 Å². The molecule has 162 valence electrons. The first kappa shape index (κ1) is 22.3. The second-order valence-corrected chi connectivity index (χ2v) is 7.12. The summed E-state index contributed by atoms with van der Waals surface area (Å²) in [5.41, 5.74) is 1.63. The Bertz CT molecular complexity index is 980. The number of allylic oxidation sites excluding steroid dienone is 1. The molecule has 0 bridgehead atoms. The Morgan fingerprint density at radius 1 is 1.16 bits per heavy atom. The molecule has 31 heavy (non-hydrogen) atoms. The Labute approximate surface area is 182 Å². The van der Waals surface area contributed by atoms with Crippen LogP contribution in [0.5, 0.6) is 5.75 Å². The first-order valence-electron chi connectivity index (χ1n) is 10.3. The van der Waals surface area contributed by atoms with Crippen molar-refractivity contribution < 1.29 is 24.2 Å². The molecular formula is C25H27NO5. The van der Waals surface area contributed by atoms with Gasteiger partial charge in [0.2, 0.25) is 0 Å². The van der Waals surface area contributed by atoms with E-state index in [2.05, 4.69) is 0 Å². The van der Waals surface area contributed by atoms with E-state index < -0.39 is 23.5 Å². The van der Waals surface area contributed by atoms with Crippen LogP contribution in [0, 0.1) is 0 Å². The molecule has 1 heterocycles. The summed E-state index contributed by atoms with van der Waals surface area (Å²) < 4.78 is 10.7. The normalized spacial score (nSPS) is 16.4. The fraction of sp³-hybridized carbons (Fsp3) is 0.280. The summed E-state index contributed by atoms with van der Waals surface area (Å²) in [6.07, 6.45) is 3.65. The summed E-state index contributed by atoms with van der Waals surface area (Å²) in [5, 5.41) is 10.6. The molecule has 2 aromatic rings. The third kappa shape index (κ3) is 5.22. The SMILES string of the molecule is CCOc1cccc(C2C(C(=O)/C=C/c3ccccc3)=C(O)C(=O)N2CCCOC)c1. The van der Waals surface area contributed by atoms with Crippen molar-refractivity contribution in [2.24, 2.45) is 0 Å². The molecule has 1 aliphatic heterocycles. The lowest BCUT2D eigenvalue weighted by atomic mass is 9.95. The van der Waals surface area contributed by atoms with E-state index in [1.165, 1.54) is 11.0 Å². The molecule has 0 spiro atoms. The zero-order chi connectivity index (χ0) is 22.2. The molecular weight excluding hydrogens is 394 g/mol. The molecule has 1 N–H and O–H groups in total. The lowest BCUT2D eigenvalue weighted by Gasteiger charge is -2.26. The number of nitrogens with zero attached hydrogens (tertiary/aromatic N) is 1. The minimum atomic E-state index is -0.697. The molecule has 0 aromatic heterocycles. The van der Waals surface area contributed by atoms with Crippen molar-refractivity contribution in [1.29, 1.82) is 0 Å². The van der Waals surface area contributed by atoms with Crippen LogP contribution in [-0.4, -0.2) is 48.6 Å². The van der Waals surface area contributed by atoms with Gasteiger partial charge < -0.3 is 19.5 Å². The van der Waals surface area contributed by atoms with Gasteiger partial charge in [0.15, 0.2) is 11.5 Å². The van der Waals surface area contributed by atoms with Crippen LogP contribution in [0.3, 0.4) is 0 Å². The zero-order valence-electron chi connectivity index (χ0n) is 17.8. The minimum Gasteiger partial charge on any atom is -0.503 e. The molecule has 0 saturated heterocycles. The molecule has 6 nitrogen and oxygen atoms in total. The number of ether oxygens (including phenoxy) is 2. The molecule has 6 heteroatoms. The van der Waals surface area contributed by atoms with Crippen molar-refractivity contribution in [3.63, 3.8) is 0 Å². The maximum atomic E-state index is 13.1. The van der Waals surface area contributed by atoms with Gasteiger partial charge in [0.25, 0.3) is 5.91 Å². The van der Waals surface area contributed by atoms with Gasteiger partial charge >= 0.3 is 0 Å². The fourth-order valence-corrected chi connectivity index (χ4v) is 3.63. The Balaban J connectivity index is 1.97. The second kappa shape index (κ2) is 10.6. The summed E-state index contributed by atoms with van der Waals surface area (Å²) >= 11 is 0. The highest BCUT2D eigenvalue weighted by molar-refractivity contribution is 6.14. The molecule has 0 radical (unpaired) electrons. The number of carbonyl (C=O) groups excluding carboxylic acids is 2. The maximum absolute atomic E-state index is 13.1. The van der Waals surface area contributed by atoms with Crippen molar-refractivity contribution in [2.75, 3.05) is 26.9 Å². The van der Waals surface area contributed by atoms with Gasteiger partial charge in [-0.05, 0) is 42.7 Å². The second-order valence-electron chi connectivity index (χ2n) is 7.12. The largest absolute Gasteiger partial charge is 0.503 e. The molecule has 1 amide bonds. The van der Waals surface area contributed by atoms with Gasteiger partial charge in [-0.3, -0.25) is 9.59 Å². The van der Waals surface area contributed by atoms with Crippen molar-refractivity contribution in [3.8, 4) is 5.75 Å². The van der Waals surface area contributed by atoms with E-state index in [1.807, 2.05) is 55.5 Å². The highest BCUT2D eigenvalue weighted by atomic mass is 16.5. The number of aliphatic hydroxyl groups excluding tert-OH is 1. The number of carbonyl (C=O) groups is 2. The Morgan fingerprint density at radius 3 is 2.65 bits per heavy atom. The van der Waals surface area contributed by atoms with E-state index >= 15 is 0 Å². The third-order valence-corrected chi connectivity index (χ3v) is 5.03. The third-order valence-electron chi connectivity index (χ3n) is 5.03. The molecule has 0 fully saturated rings. The van der Waals surface area contributed by atoms with Crippen LogP contribution in [0.25, 0.3) is 6.08 Å². The molecule has 1 atom stereocenters. The summed E-state index contributed by atoms with van der Waals surface area (Å²) in [4.78, 5) is 27.5. The van der Waals surface area contributed by atoms with Crippen LogP contribution < -0.4 is 4.74 Å². The number of methoxy groups -OCH3 is 1. The standard InChI is InChI=1S/C25H27NO5/c1-3-31-20-12-7-11-19(17-20)23-22(21(27)14-13-18-9-5-4-6-10-18)24(28)25(29)26(23)15-8-16-30-2/h4-7,9-14,17,23,28H,3,8,15-16H2,1-2H3/b14-13+. The van der Waals surface area contributed by atoms with Crippen molar-refractivity contribution in [3.05, 3.63) is 83.1 Å². The lowest BCUT2D eigenvalue weighted by Crippen LogP contribution is -2.32. The van der Waals surface area contributed by atoms with Gasteiger partial charge in [0, 0.05) is 20.3 Å². The zero-order valence-corrected chi connectivity index (χ0v) is 17.8. The van der Waals surface area contributed by atoms with E-state index in [-0.39, 0.29) is 5.57 Å². The average Bonchev–Trinajstić information content (AvgIpc) is 3.04. The predicted octanol–water partition coefficient (Wildman–Crippen LogP) is 4.10.